The topological polar surface area (TPSA) is 110 Å². The molecule has 3 heterocycles. The predicted molar refractivity (Wildman–Crippen MR) is 99.5 cm³/mol. The number of hydrogen-bond donors (Lipinski definition) is 3. The normalized spacial score (nSPS) is 15.9. The number of ether oxygens (including phenoxy) is 2. The van der Waals surface area contributed by atoms with E-state index < -0.39 is 6.03 Å². The highest BCUT2D eigenvalue weighted by molar-refractivity contribution is 6.01. The van der Waals surface area contributed by atoms with Crippen molar-refractivity contribution in [3.8, 4) is 11.5 Å². The number of aromatic nitrogens is 2. The quantitative estimate of drug-likeness (QED) is 0.636. The molecule has 10 nitrogen and oxygen atoms in total. The number of hydrogen-bond acceptors (Lipinski definition) is 7. The maximum atomic E-state index is 12.2. The van der Waals surface area contributed by atoms with Gasteiger partial charge in [0.15, 0.2) is 18.0 Å². The minimum Gasteiger partial charge on any atom is -0.454 e. The molecule has 1 saturated heterocycles. The molecule has 146 valence electrons. The fourth-order valence-electron chi connectivity index (χ4n) is 3.19. The van der Waals surface area contributed by atoms with Crippen LogP contribution < -0.4 is 29.9 Å². The van der Waals surface area contributed by atoms with Gasteiger partial charge >= 0.3 is 6.03 Å². The van der Waals surface area contributed by atoms with Crippen molar-refractivity contribution in [1.82, 2.24) is 15.3 Å². The van der Waals surface area contributed by atoms with Crippen molar-refractivity contribution in [3.63, 3.8) is 0 Å². The smallest absolute Gasteiger partial charge is 0.326 e. The Labute approximate surface area is 161 Å². The molecule has 2 aliphatic heterocycles. The van der Waals surface area contributed by atoms with E-state index in [0.29, 0.717) is 23.1 Å². The Morgan fingerprint density at radius 3 is 2.64 bits per heavy atom. The van der Waals surface area contributed by atoms with Crippen molar-refractivity contribution in [1.29, 1.82) is 0 Å². The Kier molecular flexibility index (Phi) is 5.20. The van der Waals surface area contributed by atoms with Crippen LogP contribution in [0.2, 0.25) is 0 Å². The molecular weight excluding hydrogens is 364 g/mol. The van der Waals surface area contributed by atoms with Gasteiger partial charge in [-0.15, -0.1) is 0 Å². The number of amides is 3. The van der Waals surface area contributed by atoms with Gasteiger partial charge in [-0.2, -0.15) is 0 Å². The predicted octanol–water partition coefficient (Wildman–Crippen LogP) is -0.741. The van der Waals surface area contributed by atoms with E-state index in [1.165, 1.54) is 0 Å². The minimum absolute atomic E-state index is 0.163. The molecule has 2 aromatic rings. The Morgan fingerprint density at radius 2 is 1.86 bits per heavy atom. The average Bonchev–Trinajstić information content (AvgIpc) is 3.17. The Hall–Kier alpha value is -3.40. The molecule has 1 aromatic carbocycles. The second-order valence-electron chi connectivity index (χ2n) is 6.53. The fourth-order valence-corrected chi connectivity index (χ4v) is 3.19. The van der Waals surface area contributed by atoms with Gasteiger partial charge in [-0.05, 0) is 18.2 Å². The highest BCUT2D eigenvalue weighted by Gasteiger charge is 2.24. The molecule has 0 spiro atoms. The summed E-state index contributed by atoms with van der Waals surface area (Å²) < 4.78 is 10.5. The van der Waals surface area contributed by atoms with Crippen molar-refractivity contribution >= 4 is 23.6 Å². The van der Waals surface area contributed by atoms with Gasteiger partial charge in [0.2, 0.25) is 12.7 Å². The molecular formula is C18H21N6O4+. The zero-order chi connectivity index (χ0) is 19.3. The molecule has 10 heteroatoms. The van der Waals surface area contributed by atoms with Crippen LogP contribution in [0.1, 0.15) is 0 Å². The van der Waals surface area contributed by atoms with Crippen LogP contribution in [0.25, 0.3) is 0 Å². The first-order chi connectivity index (χ1) is 13.7. The van der Waals surface area contributed by atoms with Gasteiger partial charge < -0.3 is 24.6 Å². The van der Waals surface area contributed by atoms with Gasteiger partial charge in [-0.1, -0.05) is 0 Å². The lowest BCUT2D eigenvalue weighted by atomic mass is 10.3. The number of anilines is 2. The molecule has 2 aliphatic rings. The van der Waals surface area contributed by atoms with Crippen molar-refractivity contribution in [3.05, 3.63) is 36.7 Å². The molecule has 0 saturated carbocycles. The molecule has 1 fully saturated rings. The van der Waals surface area contributed by atoms with Crippen LogP contribution in [0, 0.1) is 0 Å². The summed E-state index contributed by atoms with van der Waals surface area (Å²) in [5.74, 6) is 1.58. The Bertz CT molecular complexity index is 854. The summed E-state index contributed by atoms with van der Waals surface area (Å²) in [5, 5.41) is 4.99. The molecule has 4 rings (SSSR count). The lowest BCUT2D eigenvalue weighted by Crippen LogP contribution is -3.16. The first-order valence-corrected chi connectivity index (χ1v) is 9.03. The Balaban J connectivity index is 1.22. The molecule has 1 aromatic heterocycles. The van der Waals surface area contributed by atoms with Gasteiger partial charge in [0, 0.05) is 24.1 Å². The van der Waals surface area contributed by atoms with E-state index in [1.807, 2.05) is 0 Å². The number of nitrogens with zero attached hydrogens (tertiary/aromatic N) is 3. The molecule has 3 N–H and O–H groups in total. The van der Waals surface area contributed by atoms with Crippen LogP contribution in [-0.4, -0.2) is 61.4 Å². The van der Waals surface area contributed by atoms with Crippen molar-refractivity contribution in [2.75, 3.05) is 49.7 Å². The highest BCUT2D eigenvalue weighted by atomic mass is 16.7. The number of fused-ring (bicyclic) bond motifs is 1. The van der Waals surface area contributed by atoms with Gasteiger partial charge in [-0.3, -0.25) is 10.1 Å². The summed E-state index contributed by atoms with van der Waals surface area (Å²) in [4.78, 5) is 35.9. The third-order valence-corrected chi connectivity index (χ3v) is 4.60. The zero-order valence-corrected chi connectivity index (χ0v) is 15.2. The first kappa shape index (κ1) is 18.0. The van der Waals surface area contributed by atoms with Gasteiger partial charge in [0.1, 0.15) is 0 Å². The third kappa shape index (κ3) is 4.29. The number of carbonyl (C=O) groups is 2. The molecule has 0 unspecified atom stereocenters. The van der Waals surface area contributed by atoms with Crippen LogP contribution in [-0.2, 0) is 4.79 Å². The van der Waals surface area contributed by atoms with E-state index in [-0.39, 0.29) is 19.2 Å². The molecule has 0 aliphatic carbocycles. The standard InChI is InChI=1S/C18H20N6O4/c25-16(11-23-6-8-24(9-7-23)17-19-4-1-5-20-17)22-18(26)21-13-2-3-14-15(10-13)28-12-27-14/h1-5,10H,6-9,11-12H2,(H2,21,22,25,26)/p+1. The van der Waals surface area contributed by atoms with Crippen LogP contribution in [0.5, 0.6) is 11.5 Å². The van der Waals surface area contributed by atoms with Gasteiger partial charge in [0.25, 0.3) is 5.91 Å². The lowest BCUT2D eigenvalue weighted by molar-refractivity contribution is -0.892. The second kappa shape index (κ2) is 8.09. The fraction of sp³-hybridized carbons (Fsp3) is 0.333. The summed E-state index contributed by atoms with van der Waals surface area (Å²) in [5.41, 5.74) is 0.526. The number of carbonyl (C=O) groups excluding carboxylic acids is 2. The summed E-state index contributed by atoms with van der Waals surface area (Å²) >= 11 is 0. The number of benzene rings is 1. The van der Waals surface area contributed by atoms with Crippen LogP contribution in [0.15, 0.2) is 36.7 Å². The van der Waals surface area contributed by atoms with Gasteiger partial charge in [-0.25, -0.2) is 14.8 Å². The number of piperazine rings is 1. The largest absolute Gasteiger partial charge is 0.454 e. The molecule has 3 amide bonds. The zero-order valence-electron chi connectivity index (χ0n) is 15.2. The summed E-state index contributed by atoms with van der Waals surface area (Å²) in [6, 6.07) is 6.26. The highest BCUT2D eigenvalue weighted by Crippen LogP contribution is 2.34. The first-order valence-electron chi connectivity index (χ1n) is 9.03. The van der Waals surface area contributed by atoms with Crippen molar-refractivity contribution in [2.24, 2.45) is 0 Å². The van der Waals surface area contributed by atoms with Crippen molar-refractivity contribution in [2.45, 2.75) is 0 Å². The van der Waals surface area contributed by atoms with E-state index >= 15 is 0 Å². The van der Waals surface area contributed by atoms with Crippen molar-refractivity contribution < 1.29 is 24.0 Å². The van der Waals surface area contributed by atoms with E-state index in [1.54, 1.807) is 36.7 Å². The maximum Gasteiger partial charge on any atom is 0.326 e. The monoisotopic (exact) mass is 385 g/mol. The number of quaternary nitrogens is 1. The van der Waals surface area contributed by atoms with E-state index in [2.05, 4.69) is 25.5 Å². The van der Waals surface area contributed by atoms with Crippen LogP contribution >= 0.6 is 0 Å². The summed E-state index contributed by atoms with van der Waals surface area (Å²) in [7, 11) is 0. The van der Waals surface area contributed by atoms with E-state index in [9.17, 15) is 9.59 Å². The summed E-state index contributed by atoms with van der Waals surface area (Å²) in [6.07, 6.45) is 3.43. The second-order valence-corrected chi connectivity index (χ2v) is 6.53. The van der Waals surface area contributed by atoms with Gasteiger partial charge in [0.05, 0.1) is 26.2 Å². The third-order valence-electron chi connectivity index (χ3n) is 4.60. The molecule has 28 heavy (non-hydrogen) atoms. The number of urea groups is 1. The minimum atomic E-state index is -0.570. The number of nitrogens with one attached hydrogen (secondary N) is 3. The SMILES string of the molecule is O=C(C[NH+]1CCN(c2ncccn2)CC1)NC(=O)Nc1ccc2c(c1)OCO2. The average molecular weight is 385 g/mol. The summed E-state index contributed by atoms with van der Waals surface area (Å²) in [6.45, 7) is 3.46. The lowest BCUT2D eigenvalue weighted by Gasteiger charge is -2.31. The maximum absolute atomic E-state index is 12.2. The number of imide groups is 1. The van der Waals surface area contributed by atoms with E-state index in [0.717, 1.165) is 31.1 Å². The van der Waals surface area contributed by atoms with Crippen LogP contribution in [0.3, 0.4) is 0 Å². The number of rotatable bonds is 4. The molecule has 0 radical (unpaired) electrons. The molecule has 0 atom stereocenters. The molecule has 0 bridgehead atoms. The Morgan fingerprint density at radius 1 is 1.11 bits per heavy atom. The van der Waals surface area contributed by atoms with E-state index in [4.69, 9.17) is 9.47 Å². The van der Waals surface area contributed by atoms with Crippen LogP contribution in [0.4, 0.5) is 16.4 Å².